The van der Waals surface area contributed by atoms with Crippen LogP contribution < -0.4 is 0 Å². The van der Waals surface area contributed by atoms with Crippen LogP contribution in [0.3, 0.4) is 0 Å². The van der Waals surface area contributed by atoms with E-state index in [2.05, 4.69) is 38.7 Å². The average Bonchev–Trinajstić information content (AvgIpc) is 2.83. The fraction of sp³-hybridized carbons (Fsp3) is 0.579. The molecule has 5 heteroatoms. The highest BCUT2D eigenvalue weighted by atomic mass is 35.5. The highest BCUT2D eigenvalue weighted by Crippen LogP contribution is 2.35. The molecule has 0 unspecified atom stereocenters. The van der Waals surface area contributed by atoms with Gasteiger partial charge in [-0.1, -0.05) is 51.1 Å². The van der Waals surface area contributed by atoms with Crippen LogP contribution in [0.5, 0.6) is 0 Å². The molecule has 0 amide bonds. The number of nitriles is 1. The third kappa shape index (κ3) is 4.68. The smallest absolute Gasteiger partial charge is 0.164 e. The number of rotatable bonds is 5. The van der Waals surface area contributed by atoms with Gasteiger partial charge in [0, 0.05) is 18.3 Å². The minimum Gasteiger partial charge on any atom is -0.347 e. The van der Waals surface area contributed by atoms with Crippen molar-refractivity contribution in [2.24, 2.45) is 16.8 Å². The van der Waals surface area contributed by atoms with Crippen LogP contribution in [-0.2, 0) is 0 Å². The standard InChI is InChI=1S/C19H26ClN3S/c1-12(2)6-16-11-24-19(23(16)10-13(3)4)22-18-14(5)7-15(9-21)8-17(18)20/h7-8,12-13,16H,6,10-11H2,1-5H3/t16-/m0/s1. The summed E-state index contributed by atoms with van der Waals surface area (Å²) in [6.07, 6.45) is 1.18. The highest BCUT2D eigenvalue weighted by Gasteiger charge is 2.31. The van der Waals surface area contributed by atoms with Gasteiger partial charge in [0.15, 0.2) is 5.17 Å². The molecule has 1 fully saturated rings. The van der Waals surface area contributed by atoms with Crippen molar-refractivity contribution in [1.29, 1.82) is 5.26 Å². The van der Waals surface area contributed by atoms with Gasteiger partial charge < -0.3 is 4.90 Å². The Balaban J connectivity index is 2.35. The molecule has 1 saturated heterocycles. The fourth-order valence-electron chi connectivity index (χ4n) is 2.99. The number of benzene rings is 1. The van der Waals surface area contributed by atoms with E-state index >= 15 is 0 Å². The van der Waals surface area contributed by atoms with E-state index in [0.29, 0.717) is 28.5 Å². The molecule has 0 aliphatic carbocycles. The predicted octanol–water partition coefficient (Wildman–Crippen LogP) is 5.63. The second-order valence-corrected chi connectivity index (χ2v) is 8.66. The Morgan fingerprint density at radius 3 is 2.58 bits per heavy atom. The number of thioether (sulfide) groups is 1. The number of nitrogens with zero attached hydrogens (tertiary/aromatic N) is 3. The Kier molecular flexibility index (Phi) is 6.60. The molecule has 1 aliphatic heterocycles. The molecule has 0 spiro atoms. The van der Waals surface area contributed by atoms with Gasteiger partial charge in [-0.2, -0.15) is 5.26 Å². The van der Waals surface area contributed by atoms with Gasteiger partial charge in [-0.25, -0.2) is 4.99 Å². The SMILES string of the molecule is Cc1cc(C#N)cc(Cl)c1N=C1SC[C@H](CC(C)C)N1CC(C)C. The lowest BCUT2D eigenvalue weighted by Gasteiger charge is -2.29. The van der Waals surface area contributed by atoms with Crippen LogP contribution >= 0.6 is 23.4 Å². The Morgan fingerprint density at radius 2 is 2.04 bits per heavy atom. The van der Waals surface area contributed by atoms with Crippen LogP contribution in [0.2, 0.25) is 5.02 Å². The van der Waals surface area contributed by atoms with Gasteiger partial charge in [-0.15, -0.1) is 0 Å². The quantitative estimate of drug-likeness (QED) is 0.680. The summed E-state index contributed by atoms with van der Waals surface area (Å²) >= 11 is 8.20. The van der Waals surface area contributed by atoms with Gasteiger partial charge in [-0.05, 0) is 42.9 Å². The topological polar surface area (TPSA) is 39.4 Å². The van der Waals surface area contributed by atoms with E-state index in [-0.39, 0.29) is 0 Å². The van der Waals surface area contributed by atoms with Gasteiger partial charge >= 0.3 is 0 Å². The van der Waals surface area contributed by atoms with Gasteiger partial charge in [-0.3, -0.25) is 0 Å². The van der Waals surface area contributed by atoms with Crippen molar-refractivity contribution in [2.75, 3.05) is 12.3 Å². The number of aliphatic imine (C=N–C) groups is 1. The molecular formula is C19H26ClN3S. The zero-order valence-corrected chi connectivity index (χ0v) is 16.7. The van der Waals surface area contributed by atoms with Crippen molar-refractivity contribution in [3.05, 3.63) is 28.3 Å². The molecule has 1 atom stereocenters. The Bertz CT molecular complexity index is 638. The molecule has 1 heterocycles. The minimum atomic E-state index is 0.536. The number of amidine groups is 1. The van der Waals surface area contributed by atoms with Crippen molar-refractivity contribution in [2.45, 2.75) is 47.1 Å². The molecule has 0 aromatic heterocycles. The summed E-state index contributed by atoms with van der Waals surface area (Å²) in [5.74, 6) is 2.34. The van der Waals surface area contributed by atoms with E-state index < -0.39 is 0 Å². The van der Waals surface area contributed by atoms with Gasteiger partial charge in [0.2, 0.25) is 0 Å². The van der Waals surface area contributed by atoms with Crippen molar-refractivity contribution in [3.63, 3.8) is 0 Å². The molecule has 0 radical (unpaired) electrons. The molecule has 0 saturated carbocycles. The molecule has 1 aromatic rings. The Labute approximate surface area is 155 Å². The van der Waals surface area contributed by atoms with E-state index in [1.54, 1.807) is 6.07 Å². The van der Waals surface area contributed by atoms with Crippen molar-refractivity contribution < 1.29 is 0 Å². The highest BCUT2D eigenvalue weighted by molar-refractivity contribution is 8.14. The summed E-state index contributed by atoms with van der Waals surface area (Å²) in [5.41, 5.74) is 2.32. The molecule has 0 N–H and O–H groups in total. The first-order valence-electron chi connectivity index (χ1n) is 8.50. The van der Waals surface area contributed by atoms with Crippen molar-refractivity contribution in [1.82, 2.24) is 4.90 Å². The summed E-state index contributed by atoms with van der Waals surface area (Å²) in [6.45, 7) is 12.0. The molecular weight excluding hydrogens is 338 g/mol. The molecule has 1 aliphatic rings. The van der Waals surface area contributed by atoms with Crippen molar-refractivity contribution >= 4 is 34.2 Å². The molecule has 3 nitrogen and oxygen atoms in total. The molecule has 0 bridgehead atoms. The lowest BCUT2D eigenvalue weighted by molar-refractivity contribution is 0.279. The molecule has 130 valence electrons. The van der Waals surface area contributed by atoms with Crippen LogP contribution in [0.15, 0.2) is 17.1 Å². The second kappa shape index (κ2) is 8.27. The van der Waals surface area contributed by atoms with Crippen LogP contribution in [0, 0.1) is 30.1 Å². The maximum absolute atomic E-state index is 9.06. The number of hydrogen-bond acceptors (Lipinski definition) is 3. The molecule has 1 aromatic carbocycles. The van der Waals surface area contributed by atoms with E-state index in [1.807, 2.05) is 24.8 Å². The fourth-order valence-corrected chi connectivity index (χ4v) is 4.51. The zero-order valence-electron chi connectivity index (χ0n) is 15.1. The summed E-state index contributed by atoms with van der Waals surface area (Å²) in [4.78, 5) is 7.34. The normalized spacial score (nSPS) is 19.5. The van der Waals surface area contributed by atoms with Gasteiger partial charge in [0.05, 0.1) is 22.3 Å². The largest absolute Gasteiger partial charge is 0.347 e. The summed E-state index contributed by atoms with van der Waals surface area (Å²) < 4.78 is 0. The van der Waals surface area contributed by atoms with E-state index in [4.69, 9.17) is 21.9 Å². The van der Waals surface area contributed by atoms with Crippen LogP contribution in [0.25, 0.3) is 0 Å². The van der Waals surface area contributed by atoms with Gasteiger partial charge in [0.1, 0.15) is 0 Å². The number of hydrogen-bond donors (Lipinski definition) is 0. The van der Waals surface area contributed by atoms with Crippen molar-refractivity contribution in [3.8, 4) is 6.07 Å². The number of aryl methyl sites for hydroxylation is 1. The lowest BCUT2D eigenvalue weighted by Crippen LogP contribution is -2.37. The van der Waals surface area contributed by atoms with Crippen LogP contribution in [-0.4, -0.2) is 28.4 Å². The first-order valence-corrected chi connectivity index (χ1v) is 9.86. The monoisotopic (exact) mass is 363 g/mol. The molecule has 24 heavy (non-hydrogen) atoms. The second-order valence-electron chi connectivity index (χ2n) is 7.27. The number of halogens is 1. The third-order valence-corrected chi connectivity index (χ3v) is 5.41. The first kappa shape index (κ1) is 19.1. The summed E-state index contributed by atoms with van der Waals surface area (Å²) in [7, 11) is 0. The van der Waals surface area contributed by atoms with E-state index in [0.717, 1.165) is 28.7 Å². The average molecular weight is 364 g/mol. The maximum Gasteiger partial charge on any atom is 0.164 e. The zero-order chi connectivity index (χ0) is 17.9. The Morgan fingerprint density at radius 1 is 1.33 bits per heavy atom. The minimum absolute atomic E-state index is 0.536. The van der Waals surface area contributed by atoms with Gasteiger partial charge in [0.25, 0.3) is 0 Å². The van der Waals surface area contributed by atoms with E-state index in [9.17, 15) is 0 Å². The maximum atomic E-state index is 9.06. The third-order valence-electron chi connectivity index (χ3n) is 3.99. The molecule has 2 rings (SSSR count). The summed E-state index contributed by atoms with van der Waals surface area (Å²) in [5, 5.41) is 10.7. The lowest BCUT2D eigenvalue weighted by atomic mass is 10.0. The van der Waals surface area contributed by atoms with Crippen LogP contribution in [0.1, 0.15) is 45.2 Å². The van der Waals surface area contributed by atoms with Crippen LogP contribution in [0.4, 0.5) is 5.69 Å². The summed E-state index contributed by atoms with van der Waals surface area (Å²) in [6, 6.07) is 6.23. The Hall–Kier alpha value is -1.18. The van der Waals surface area contributed by atoms with E-state index in [1.165, 1.54) is 6.42 Å². The predicted molar refractivity (Wildman–Crippen MR) is 105 cm³/mol. The first-order chi connectivity index (χ1) is 11.3.